The van der Waals surface area contributed by atoms with E-state index in [0.29, 0.717) is 0 Å². The van der Waals surface area contributed by atoms with Crippen LogP contribution in [-0.2, 0) is 4.79 Å². The second-order valence-corrected chi connectivity index (χ2v) is 2.35. The van der Waals surface area contributed by atoms with Crippen molar-refractivity contribution < 1.29 is 18.0 Å². The van der Waals surface area contributed by atoms with Gasteiger partial charge in [-0.3, -0.25) is 15.1 Å². The molecule has 0 saturated carbocycles. The molecule has 0 spiro atoms. The van der Waals surface area contributed by atoms with Gasteiger partial charge in [-0.25, -0.2) is 0 Å². The Morgan fingerprint density at radius 3 is 2.67 bits per heavy atom. The van der Waals surface area contributed by atoms with Crippen LogP contribution < -0.4 is 5.32 Å². The van der Waals surface area contributed by atoms with E-state index in [-0.39, 0.29) is 19.4 Å². The van der Waals surface area contributed by atoms with Crippen molar-refractivity contribution in [2.24, 2.45) is 4.99 Å². The molecule has 3 nitrogen and oxygen atoms in total. The van der Waals surface area contributed by atoms with E-state index >= 15 is 0 Å². The fraction of sp³-hybridized carbons (Fsp3) is 0.667. The number of nitrogens with zero attached hydrogens (tertiary/aromatic N) is 1. The summed E-state index contributed by atoms with van der Waals surface area (Å²) in [5, 5.41) is 2.17. The lowest BCUT2D eigenvalue weighted by molar-refractivity contribution is -0.141. The van der Waals surface area contributed by atoms with Crippen LogP contribution >= 0.6 is 0 Å². The van der Waals surface area contributed by atoms with Crippen molar-refractivity contribution in [1.29, 1.82) is 0 Å². The molecule has 68 valence electrons. The predicted octanol–water partition coefficient (Wildman–Crippen LogP) is 0.160. The molecule has 1 aliphatic heterocycles. The minimum Gasteiger partial charge on any atom is -0.299 e. The highest BCUT2D eigenvalue weighted by Crippen LogP contribution is 2.21. The van der Waals surface area contributed by atoms with Gasteiger partial charge in [-0.2, -0.15) is 13.2 Å². The molecule has 0 bridgehead atoms. The van der Waals surface area contributed by atoms with Gasteiger partial charge in [-0.1, -0.05) is 0 Å². The zero-order chi connectivity index (χ0) is 9.19. The van der Waals surface area contributed by atoms with E-state index in [2.05, 4.69) is 10.3 Å². The number of nitrogens with one attached hydrogen (secondary N) is 1. The molecule has 0 aromatic rings. The molecule has 0 aromatic heterocycles. The second-order valence-electron chi connectivity index (χ2n) is 2.35. The van der Waals surface area contributed by atoms with Crippen LogP contribution in [0.5, 0.6) is 0 Å². The minimum atomic E-state index is -4.43. The lowest BCUT2D eigenvalue weighted by Crippen LogP contribution is -2.52. The van der Waals surface area contributed by atoms with Crippen molar-refractivity contribution in [3.8, 4) is 0 Å². The molecule has 0 saturated heterocycles. The highest BCUT2D eigenvalue weighted by molar-refractivity contribution is 6.31. The van der Waals surface area contributed by atoms with Gasteiger partial charge in [-0.15, -0.1) is 0 Å². The molecular formula is C6H7F3N2O. The number of rotatable bonds is 1. The van der Waals surface area contributed by atoms with Crippen LogP contribution in [0.15, 0.2) is 4.99 Å². The summed E-state index contributed by atoms with van der Waals surface area (Å²) in [6.07, 6.45) is -4.29. The smallest absolute Gasteiger partial charge is 0.299 e. The number of halogens is 3. The Bertz CT molecular complexity index is 211. The van der Waals surface area contributed by atoms with Crippen molar-refractivity contribution in [3.05, 3.63) is 0 Å². The van der Waals surface area contributed by atoms with Crippen LogP contribution in [0, 0.1) is 0 Å². The van der Waals surface area contributed by atoms with E-state index < -0.39 is 17.9 Å². The first kappa shape index (κ1) is 9.18. The zero-order valence-corrected chi connectivity index (χ0v) is 6.06. The summed E-state index contributed by atoms with van der Waals surface area (Å²) in [6, 6.07) is -1.89. The lowest BCUT2D eigenvalue weighted by atomic mass is 10.1. The zero-order valence-electron chi connectivity index (χ0n) is 6.06. The number of carbonyl (C=O) groups excluding carboxylic acids is 1. The van der Waals surface area contributed by atoms with Gasteiger partial charge in [0.15, 0.2) is 6.29 Å². The van der Waals surface area contributed by atoms with Crippen LogP contribution in [0.1, 0.15) is 0 Å². The second kappa shape index (κ2) is 3.22. The van der Waals surface area contributed by atoms with Crippen molar-refractivity contribution in [1.82, 2.24) is 5.32 Å². The summed E-state index contributed by atoms with van der Waals surface area (Å²) in [7, 11) is 0. The molecule has 1 atom stereocenters. The molecule has 0 aliphatic carbocycles. The summed E-state index contributed by atoms with van der Waals surface area (Å²) < 4.78 is 36.2. The quantitative estimate of drug-likeness (QED) is 0.584. The first-order valence-electron chi connectivity index (χ1n) is 3.35. The van der Waals surface area contributed by atoms with Crippen molar-refractivity contribution in [2.75, 3.05) is 13.1 Å². The molecule has 1 unspecified atom stereocenters. The van der Waals surface area contributed by atoms with Crippen LogP contribution in [0.4, 0.5) is 13.2 Å². The Morgan fingerprint density at radius 1 is 1.58 bits per heavy atom. The summed E-state index contributed by atoms with van der Waals surface area (Å²) in [5.41, 5.74) is -0.464. The first-order chi connectivity index (χ1) is 5.55. The molecule has 1 heterocycles. The standard InChI is InChI=1S/C6H7F3N2O/c7-6(8,9)5-4(3-12)10-1-2-11-5/h3,5,11H,1-2H2. The van der Waals surface area contributed by atoms with E-state index in [1.807, 2.05) is 0 Å². The molecule has 0 aromatic carbocycles. The fourth-order valence-corrected chi connectivity index (χ4v) is 0.978. The van der Waals surface area contributed by atoms with Crippen molar-refractivity contribution >= 4 is 12.0 Å². The molecule has 0 amide bonds. The molecule has 1 aliphatic rings. The maximum Gasteiger partial charge on any atom is 0.409 e. The van der Waals surface area contributed by atoms with Gasteiger partial charge in [-0.05, 0) is 0 Å². The number of hydrogen-bond acceptors (Lipinski definition) is 3. The number of carbonyl (C=O) groups is 1. The SMILES string of the molecule is O=CC1=NCCNC1C(F)(F)F. The number of aldehydes is 1. The van der Waals surface area contributed by atoms with E-state index in [1.165, 1.54) is 0 Å². The van der Waals surface area contributed by atoms with Gasteiger partial charge in [0, 0.05) is 6.54 Å². The Hall–Kier alpha value is -0.910. The Balaban J connectivity index is 2.81. The number of hydrogen-bond donors (Lipinski definition) is 1. The summed E-state index contributed by atoms with van der Waals surface area (Å²) in [6.45, 7) is 0.377. The largest absolute Gasteiger partial charge is 0.409 e. The van der Waals surface area contributed by atoms with Gasteiger partial charge >= 0.3 is 6.18 Å². The van der Waals surface area contributed by atoms with E-state index in [0.717, 1.165) is 0 Å². The van der Waals surface area contributed by atoms with E-state index in [4.69, 9.17) is 0 Å². The van der Waals surface area contributed by atoms with E-state index in [9.17, 15) is 18.0 Å². The number of aliphatic imine (C=N–C) groups is 1. The molecule has 1 N–H and O–H groups in total. The number of alkyl halides is 3. The highest BCUT2D eigenvalue weighted by Gasteiger charge is 2.43. The van der Waals surface area contributed by atoms with Gasteiger partial charge < -0.3 is 0 Å². The van der Waals surface area contributed by atoms with Gasteiger partial charge in [0.05, 0.1) is 6.54 Å². The van der Waals surface area contributed by atoms with E-state index in [1.54, 1.807) is 0 Å². The van der Waals surface area contributed by atoms with Crippen LogP contribution in [0.3, 0.4) is 0 Å². The maximum absolute atomic E-state index is 12.1. The Morgan fingerprint density at radius 2 is 2.25 bits per heavy atom. The average Bonchev–Trinajstić information content (AvgIpc) is 2.03. The normalized spacial score (nSPS) is 24.9. The van der Waals surface area contributed by atoms with Gasteiger partial charge in [0.2, 0.25) is 0 Å². The minimum absolute atomic E-state index is 0.143. The highest BCUT2D eigenvalue weighted by atomic mass is 19.4. The lowest BCUT2D eigenvalue weighted by Gasteiger charge is -2.23. The maximum atomic E-state index is 12.1. The topological polar surface area (TPSA) is 41.5 Å². The predicted molar refractivity (Wildman–Crippen MR) is 36.2 cm³/mol. The Kier molecular flexibility index (Phi) is 2.46. The first-order valence-corrected chi connectivity index (χ1v) is 3.35. The molecule has 1 rings (SSSR count). The summed E-state index contributed by atoms with van der Waals surface area (Å²) in [5.74, 6) is 0. The van der Waals surface area contributed by atoms with Gasteiger partial charge in [0.1, 0.15) is 11.8 Å². The van der Waals surface area contributed by atoms with Crippen LogP contribution in [-0.4, -0.2) is 37.3 Å². The van der Waals surface area contributed by atoms with Crippen molar-refractivity contribution in [3.63, 3.8) is 0 Å². The average molecular weight is 180 g/mol. The van der Waals surface area contributed by atoms with Crippen LogP contribution in [0.2, 0.25) is 0 Å². The Labute approximate surface area is 66.7 Å². The van der Waals surface area contributed by atoms with Gasteiger partial charge in [0.25, 0.3) is 0 Å². The third-order valence-electron chi connectivity index (χ3n) is 1.50. The molecule has 0 fully saturated rings. The summed E-state index contributed by atoms with van der Waals surface area (Å²) in [4.78, 5) is 13.6. The third-order valence-corrected chi connectivity index (χ3v) is 1.50. The van der Waals surface area contributed by atoms with Crippen molar-refractivity contribution in [2.45, 2.75) is 12.2 Å². The molecule has 12 heavy (non-hydrogen) atoms. The third kappa shape index (κ3) is 1.82. The molecule has 6 heteroatoms. The molecular weight excluding hydrogens is 173 g/mol. The monoisotopic (exact) mass is 180 g/mol. The summed E-state index contributed by atoms with van der Waals surface area (Å²) >= 11 is 0. The molecule has 0 radical (unpaired) electrons. The van der Waals surface area contributed by atoms with Crippen LogP contribution in [0.25, 0.3) is 0 Å². The fourth-order valence-electron chi connectivity index (χ4n) is 0.978.